The average molecular weight is 235 g/mol. The van der Waals surface area contributed by atoms with Crippen LogP contribution in [0.3, 0.4) is 0 Å². The van der Waals surface area contributed by atoms with Crippen molar-refractivity contribution in [3.05, 3.63) is 16.0 Å². The van der Waals surface area contributed by atoms with Gasteiger partial charge in [-0.3, -0.25) is 4.99 Å². The third-order valence-electron chi connectivity index (χ3n) is 2.81. The zero-order chi connectivity index (χ0) is 11.0. The molecule has 0 spiro atoms. The van der Waals surface area contributed by atoms with Crippen LogP contribution >= 0.6 is 11.3 Å². The maximum absolute atomic E-state index is 5.39. The fraction of sp³-hybridized carbons (Fsp3) is 0.400. The Labute approximate surface area is 97.5 Å². The normalized spacial score (nSPS) is 18.4. The Hall–Kier alpha value is -1.24. The molecular formula is C10H13N5S. The summed E-state index contributed by atoms with van der Waals surface area (Å²) in [6, 6.07) is 0. The van der Waals surface area contributed by atoms with E-state index >= 15 is 0 Å². The van der Waals surface area contributed by atoms with E-state index < -0.39 is 0 Å². The number of thiophene rings is 1. The van der Waals surface area contributed by atoms with Crippen LogP contribution in [0.1, 0.15) is 16.0 Å². The molecular weight excluding hydrogens is 222 g/mol. The molecule has 0 aromatic carbocycles. The summed E-state index contributed by atoms with van der Waals surface area (Å²) in [7, 11) is 0. The van der Waals surface area contributed by atoms with Gasteiger partial charge in [-0.1, -0.05) is 0 Å². The molecule has 2 aliphatic rings. The van der Waals surface area contributed by atoms with Gasteiger partial charge in [0.05, 0.1) is 6.54 Å². The number of nitrogens with two attached hydrogens (primary N) is 1. The smallest absolute Gasteiger partial charge is 0.139 e. The molecule has 0 atom stereocenters. The Morgan fingerprint density at radius 1 is 1.50 bits per heavy atom. The highest BCUT2D eigenvalue weighted by Crippen LogP contribution is 2.36. The molecule has 84 valence electrons. The van der Waals surface area contributed by atoms with Crippen molar-refractivity contribution in [1.82, 2.24) is 10.7 Å². The average Bonchev–Trinajstić information content (AvgIpc) is 2.54. The maximum Gasteiger partial charge on any atom is 0.139 e. The second kappa shape index (κ2) is 3.97. The molecule has 0 saturated heterocycles. The van der Waals surface area contributed by atoms with Gasteiger partial charge in [0.2, 0.25) is 0 Å². The second-order valence-corrected chi connectivity index (χ2v) is 4.91. The lowest BCUT2D eigenvalue weighted by atomic mass is 10.1. The van der Waals surface area contributed by atoms with Crippen LogP contribution in [0, 0.1) is 0 Å². The summed E-state index contributed by atoms with van der Waals surface area (Å²) in [6.45, 7) is 2.52. The summed E-state index contributed by atoms with van der Waals surface area (Å²) in [5.74, 6) is 6.11. The third-order valence-corrected chi connectivity index (χ3v) is 3.96. The summed E-state index contributed by atoms with van der Waals surface area (Å²) < 4.78 is 0. The molecule has 16 heavy (non-hydrogen) atoms. The Kier molecular flexibility index (Phi) is 2.47. The highest BCUT2D eigenvalue weighted by atomic mass is 32.1. The number of hydrogen-bond donors (Lipinski definition) is 3. The predicted molar refractivity (Wildman–Crippen MR) is 66.6 cm³/mol. The molecule has 0 amide bonds. The van der Waals surface area contributed by atoms with Gasteiger partial charge < -0.3 is 10.7 Å². The molecule has 0 aliphatic carbocycles. The number of aliphatic imine (C=N–C) groups is 2. The first-order valence-corrected chi connectivity index (χ1v) is 6.09. The van der Waals surface area contributed by atoms with E-state index in [1.54, 1.807) is 11.3 Å². The summed E-state index contributed by atoms with van der Waals surface area (Å²) in [6.07, 6.45) is 3.00. The number of rotatable bonds is 0. The summed E-state index contributed by atoms with van der Waals surface area (Å²) in [5, 5.41) is 4.40. The SMILES string of the molecule is NNC1=Nc2sc3c(c2C=NC1)CCNC3. The summed E-state index contributed by atoms with van der Waals surface area (Å²) in [5.41, 5.74) is 5.19. The lowest BCUT2D eigenvalue weighted by Crippen LogP contribution is -2.31. The topological polar surface area (TPSA) is 74.8 Å². The fourth-order valence-corrected chi connectivity index (χ4v) is 3.20. The van der Waals surface area contributed by atoms with Crippen LogP contribution in [0.4, 0.5) is 5.00 Å². The van der Waals surface area contributed by atoms with Crippen molar-refractivity contribution in [2.75, 3.05) is 13.1 Å². The molecule has 3 heterocycles. The van der Waals surface area contributed by atoms with Crippen molar-refractivity contribution < 1.29 is 0 Å². The minimum Gasteiger partial charge on any atom is -0.312 e. The van der Waals surface area contributed by atoms with Crippen LogP contribution < -0.4 is 16.6 Å². The van der Waals surface area contributed by atoms with E-state index in [1.165, 1.54) is 16.0 Å². The van der Waals surface area contributed by atoms with Crippen molar-refractivity contribution >= 4 is 28.4 Å². The molecule has 1 aromatic heterocycles. The molecule has 3 rings (SSSR count). The van der Waals surface area contributed by atoms with Crippen LogP contribution in [0.25, 0.3) is 0 Å². The molecule has 0 unspecified atom stereocenters. The Morgan fingerprint density at radius 3 is 3.31 bits per heavy atom. The van der Waals surface area contributed by atoms with Gasteiger partial charge in [0.25, 0.3) is 0 Å². The van der Waals surface area contributed by atoms with Crippen LogP contribution in [0.15, 0.2) is 9.98 Å². The quantitative estimate of drug-likeness (QED) is 0.448. The first kappa shape index (κ1) is 9.95. The van der Waals surface area contributed by atoms with E-state index in [-0.39, 0.29) is 0 Å². The molecule has 2 aliphatic heterocycles. The monoisotopic (exact) mass is 235 g/mol. The molecule has 4 N–H and O–H groups in total. The van der Waals surface area contributed by atoms with Crippen LogP contribution in [-0.4, -0.2) is 25.1 Å². The molecule has 0 fully saturated rings. The van der Waals surface area contributed by atoms with Gasteiger partial charge in [-0.2, -0.15) is 0 Å². The fourth-order valence-electron chi connectivity index (χ4n) is 2.02. The number of nitrogens with zero attached hydrogens (tertiary/aromatic N) is 2. The first-order chi connectivity index (χ1) is 7.88. The van der Waals surface area contributed by atoms with E-state index in [1.807, 2.05) is 6.21 Å². The zero-order valence-electron chi connectivity index (χ0n) is 8.79. The number of amidine groups is 1. The predicted octanol–water partition coefficient (Wildman–Crippen LogP) is 0.320. The van der Waals surface area contributed by atoms with Gasteiger partial charge in [0, 0.05) is 23.2 Å². The largest absolute Gasteiger partial charge is 0.312 e. The lowest BCUT2D eigenvalue weighted by Gasteiger charge is -2.12. The zero-order valence-corrected chi connectivity index (χ0v) is 9.60. The van der Waals surface area contributed by atoms with Crippen LogP contribution in [0.5, 0.6) is 0 Å². The van der Waals surface area contributed by atoms with E-state index in [0.717, 1.165) is 30.3 Å². The van der Waals surface area contributed by atoms with Crippen molar-refractivity contribution in [2.45, 2.75) is 13.0 Å². The van der Waals surface area contributed by atoms with Gasteiger partial charge in [0.15, 0.2) is 0 Å². The van der Waals surface area contributed by atoms with Crippen LogP contribution in [0.2, 0.25) is 0 Å². The van der Waals surface area contributed by atoms with Gasteiger partial charge in [-0.05, 0) is 18.5 Å². The highest BCUT2D eigenvalue weighted by molar-refractivity contribution is 7.16. The summed E-state index contributed by atoms with van der Waals surface area (Å²) >= 11 is 1.73. The molecule has 1 aromatic rings. The molecule has 0 saturated carbocycles. The first-order valence-electron chi connectivity index (χ1n) is 5.28. The number of hydrazine groups is 1. The van der Waals surface area contributed by atoms with E-state index in [4.69, 9.17) is 5.84 Å². The summed E-state index contributed by atoms with van der Waals surface area (Å²) in [4.78, 5) is 10.2. The Balaban J connectivity index is 2.12. The van der Waals surface area contributed by atoms with Crippen LogP contribution in [-0.2, 0) is 13.0 Å². The Bertz CT molecular complexity index is 474. The van der Waals surface area contributed by atoms with Gasteiger partial charge >= 0.3 is 0 Å². The number of fused-ring (bicyclic) bond motifs is 3. The minimum absolute atomic E-state index is 0.533. The number of hydrogen-bond acceptors (Lipinski definition) is 6. The number of nitrogens with one attached hydrogen (secondary N) is 2. The highest BCUT2D eigenvalue weighted by Gasteiger charge is 2.20. The van der Waals surface area contributed by atoms with Gasteiger partial charge in [-0.15, -0.1) is 11.3 Å². The lowest BCUT2D eigenvalue weighted by molar-refractivity contribution is 0.654. The van der Waals surface area contributed by atoms with Gasteiger partial charge in [-0.25, -0.2) is 10.8 Å². The minimum atomic E-state index is 0.533. The van der Waals surface area contributed by atoms with E-state index in [2.05, 4.69) is 20.7 Å². The molecule has 0 radical (unpaired) electrons. The second-order valence-electron chi connectivity index (χ2n) is 3.82. The standard InChI is InChI=1S/C10H13N5S/c11-15-9-5-13-3-7-6-1-2-12-4-8(6)16-10(7)14-9/h3,12H,1-2,4-5,11H2,(H,14,15). The molecule has 6 heteroatoms. The van der Waals surface area contributed by atoms with E-state index in [0.29, 0.717) is 6.54 Å². The molecule has 0 bridgehead atoms. The third kappa shape index (κ3) is 1.55. The van der Waals surface area contributed by atoms with E-state index in [9.17, 15) is 0 Å². The maximum atomic E-state index is 5.39. The Morgan fingerprint density at radius 2 is 2.44 bits per heavy atom. The molecule has 5 nitrogen and oxygen atoms in total. The van der Waals surface area contributed by atoms with Crippen molar-refractivity contribution in [1.29, 1.82) is 0 Å². The van der Waals surface area contributed by atoms with Crippen molar-refractivity contribution in [3.63, 3.8) is 0 Å². The van der Waals surface area contributed by atoms with Gasteiger partial charge in [0.1, 0.15) is 10.8 Å². The van der Waals surface area contributed by atoms with Crippen molar-refractivity contribution in [3.8, 4) is 0 Å². The van der Waals surface area contributed by atoms with Crippen molar-refractivity contribution in [2.24, 2.45) is 15.8 Å².